The van der Waals surface area contributed by atoms with Crippen molar-refractivity contribution in [2.45, 2.75) is 255 Å². The summed E-state index contributed by atoms with van der Waals surface area (Å²) in [6.07, 6.45) is 14.8. The molecule has 0 aromatic heterocycles. The summed E-state index contributed by atoms with van der Waals surface area (Å²) in [7, 11) is 5.18. The number of hydroxylamine groups is 1. The molecule has 16 nitrogen and oxygen atoms in total. The molecule has 6 aliphatic rings. The minimum absolute atomic E-state index is 0.0318. The number of carbonyl (C=O) groups excluding carboxylic acids is 6. The van der Waals surface area contributed by atoms with Gasteiger partial charge in [-0.2, -0.15) is 0 Å². The topological polar surface area (TPSA) is 162 Å². The number of methoxy groups -OCH3 is 2. The molecule has 0 saturated carbocycles. The second-order valence-electron chi connectivity index (χ2n) is 43.8. The molecule has 7 aromatic carbocycles. The Morgan fingerprint density at radius 2 is 0.400 bits per heavy atom. The number of nitrogens with one attached hydrogen (secondary N) is 1. The van der Waals surface area contributed by atoms with Crippen LogP contribution in [0.25, 0.3) is 0 Å². The molecule has 6 saturated heterocycles. The van der Waals surface area contributed by atoms with Gasteiger partial charge in [-0.05, 0) is 283 Å². The number of hydrogen-bond donors (Lipinski definition) is 1. The lowest BCUT2D eigenvalue weighted by Gasteiger charge is -2.33. The molecule has 0 aliphatic carbocycles. The van der Waals surface area contributed by atoms with Crippen molar-refractivity contribution in [1.82, 2.24) is 34.9 Å². The smallest absolute Gasteiger partial charge is 0.144 e. The van der Waals surface area contributed by atoms with Crippen molar-refractivity contribution in [2.24, 2.45) is 65.1 Å². The lowest BCUT2D eigenvalue weighted by molar-refractivity contribution is -0.124. The molecule has 6 heterocycles. The minimum Gasteiger partial charge on any atom is -0.381 e. The van der Waals surface area contributed by atoms with E-state index in [-0.39, 0.29) is 76.9 Å². The molecule has 145 heavy (non-hydrogen) atoms. The van der Waals surface area contributed by atoms with Crippen molar-refractivity contribution < 1.29 is 43.1 Å². The average molecular weight is 2130 g/mol. The van der Waals surface area contributed by atoms with E-state index in [1.807, 2.05) is 253 Å². The normalized spacial score (nSPS) is 18.1. The highest BCUT2D eigenvalue weighted by atomic mass is 35.5. The highest BCUT2D eigenvalue weighted by molar-refractivity contribution is 6.32. The fraction of sp³-hybridized carbons (Fsp3) is 0.590. The molecule has 802 valence electrons. The van der Waals surface area contributed by atoms with Gasteiger partial charge in [-0.1, -0.05) is 303 Å². The quantitative estimate of drug-likeness (QED) is 0.0287. The molecular formula is C122H176Cl7N7O9. The number of rotatable bonds is 38. The zero-order valence-electron chi connectivity index (χ0n) is 91.3. The third-order valence-electron chi connectivity index (χ3n) is 29.9. The number of carbonyl (C=O) groups is 6. The van der Waals surface area contributed by atoms with Crippen LogP contribution < -0.4 is 5.48 Å². The van der Waals surface area contributed by atoms with Crippen LogP contribution in [0, 0.1) is 65.1 Å². The van der Waals surface area contributed by atoms with Gasteiger partial charge in [0.2, 0.25) is 0 Å². The van der Waals surface area contributed by atoms with Gasteiger partial charge in [0.05, 0.1) is 54.8 Å². The molecule has 7 atom stereocenters. The van der Waals surface area contributed by atoms with E-state index in [1.165, 1.54) is 62.5 Å². The first-order valence-electron chi connectivity index (χ1n) is 53.8. The van der Waals surface area contributed by atoms with Gasteiger partial charge in [-0.25, -0.2) is 5.48 Å². The Hall–Kier alpha value is -6.07. The van der Waals surface area contributed by atoms with Crippen LogP contribution in [0.2, 0.25) is 35.2 Å². The van der Waals surface area contributed by atoms with Crippen molar-refractivity contribution in [3.8, 4) is 0 Å². The second-order valence-corrected chi connectivity index (χ2v) is 46.8. The van der Waals surface area contributed by atoms with Crippen LogP contribution in [-0.2, 0) is 43.1 Å². The van der Waals surface area contributed by atoms with E-state index >= 15 is 0 Å². The van der Waals surface area contributed by atoms with E-state index in [1.54, 1.807) is 21.3 Å². The Labute approximate surface area is 909 Å². The van der Waals surface area contributed by atoms with Crippen molar-refractivity contribution >= 4 is 116 Å². The first-order chi connectivity index (χ1) is 68.9. The first kappa shape index (κ1) is 126. The fourth-order valence-corrected chi connectivity index (χ4v) is 20.5. The molecular weight excluding hydrogens is 1960 g/mol. The van der Waals surface area contributed by atoms with Gasteiger partial charge in [-0.15, -0.1) is 0 Å². The van der Waals surface area contributed by atoms with Crippen LogP contribution in [0.5, 0.6) is 0 Å². The molecule has 23 heteroatoms. The van der Waals surface area contributed by atoms with Gasteiger partial charge in [0.1, 0.15) is 34.7 Å². The van der Waals surface area contributed by atoms with E-state index in [4.69, 9.17) is 95.5 Å². The van der Waals surface area contributed by atoms with Gasteiger partial charge >= 0.3 is 0 Å². The van der Waals surface area contributed by atoms with E-state index in [9.17, 15) is 28.8 Å². The first-order valence-corrected chi connectivity index (χ1v) is 56.5. The number of halogens is 7. The van der Waals surface area contributed by atoms with Gasteiger partial charge < -0.3 is 43.7 Å². The highest BCUT2D eigenvalue weighted by Gasteiger charge is 2.36. The van der Waals surface area contributed by atoms with Gasteiger partial charge in [0.25, 0.3) is 0 Å². The SMILES string of the molecule is C=C(C(C)C)[C@H](CNOC)c1ccc(Cl)cc1.CC1CCN(C[C@@H](C(=O)C(C)C)c2ccc(Cl)cc2)CC1.CC1CCN(C[C@@H](C(=O)C(C)C)c2ccc(Cl)cc2)CC1.CC1CCN(C[C@H](C(=O)C(C)C)c2ccc(Cl)cc2)CC1.CC1CCN(C[C@H](C(=O)C(C)C)c2ccc(Cl)cc2)CC1.COC1CCN(C[C@@H](C(=O)C(C)C)c2ccc(Cl)cc2)CC1.COC1CCN(C[C@H](C(=O)C(C)C)c2ccc(Cl)cc2)CC1. The minimum atomic E-state index is -0.0728. The summed E-state index contributed by atoms with van der Waals surface area (Å²) in [5, 5.41) is 5.06. The summed E-state index contributed by atoms with van der Waals surface area (Å²) in [5.74, 6) is 5.93. The number of ketones is 6. The Morgan fingerprint density at radius 1 is 0.255 bits per heavy atom. The van der Waals surface area contributed by atoms with Crippen LogP contribution >= 0.6 is 81.2 Å². The average Bonchev–Trinajstić information content (AvgIpc) is 0.860. The molecule has 0 spiro atoms. The van der Waals surface area contributed by atoms with Crippen molar-refractivity contribution in [2.75, 3.05) is 146 Å². The molecule has 6 fully saturated rings. The molecule has 7 aromatic rings. The molecule has 0 radical (unpaired) electrons. The molecule has 6 aliphatic heterocycles. The highest BCUT2D eigenvalue weighted by Crippen LogP contribution is 2.36. The van der Waals surface area contributed by atoms with Crippen LogP contribution in [0.3, 0.4) is 0 Å². The van der Waals surface area contributed by atoms with Crippen LogP contribution in [0.4, 0.5) is 0 Å². The van der Waals surface area contributed by atoms with Gasteiger partial charge in [-0.3, -0.25) is 28.8 Å². The lowest BCUT2D eigenvalue weighted by Crippen LogP contribution is -2.40. The summed E-state index contributed by atoms with van der Waals surface area (Å²) in [4.78, 5) is 95.2. The number of hydrogen-bond acceptors (Lipinski definition) is 16. The van der Waals surface area contributed by atoms with Crippen LogP contribution in [-0.4, -0.2) is 222 Å². The second kappa shape index (κ2) is 66.0. The molecule has 0 amide bonds. The van der Waals surface area contributed by atoms with E-state index in [0.29, 0.717) is 62.9 Å². The van der Waals surface area contributed by atoms with Crippen molar-refractivity contribution in [1.29, 1.82) is 0 Å². The van der Waals surface area contributed by atoms with E-state index in [0.717, 1.165) is 232 Å². The fourth-order valence-electron chi connectivity index (χ4n) is 19.7. The summed E-state index contributed by atoms with van der Waals surface area (Å²) < 4.78 is 10.8. The molecule has 0 unspecified atom stereocenters. The molecule has 1 N–H and O–H groups in total. The summed E-state index contributed by atoms with van der Waals surface area (Å²) >= 11 is 41.7. The number of benzene rings is 7. The van der Waals surface area contributed by atoms with Crippen molar-refractivity contribution in [3.05, 3.63) is 256 Å². The number of Topliss-reactive ketones (excluding diaryl/α,β-unsaturated/α-hetero) is 6. The van der Waals surface area contributed by atoms with Crippen LogP contribution in [0.1, 0.15) is 282 Å². The summed E-state index contributed by atoms with van der Waals surface area (Å²) in [6.45, 7) is 60.0. The Kier molecular flexibility index (Phi) is 57.3. The lowest BCUT2D eigenvalue weighted by atomic mass is 9.86. The summed E-state index contributed by atoms with van der Waals surface area (Å²) in [6, 6.07) is 54.4. The van der Waals surface area contributed by atoms with E-state index < -0.39 is 0 Å². The Balaban J connectivity index is 0.000000230. The molecule has 0 bridgehead atoms. The number of ether oxygens (including phenoxy) is 2. The van der Waals surface area contributed by atoms with Crippen LogP contribution in [0.15, 0.2) is 182 Å². The number of likely N-dealkylation sites (tertiary alicyclic amines) is 6. The monoisotopic (exact) mass is 2130 g/mol. The van der Waals surface area contributed by atoms with Gasteiger partial charge in [0, 0.05) is 163 Å². The standard InChI is InChI=1S/2C18H26ClNO2.4C18H26ClNO.C14H20ClNO/c2*1-13(2)18(21)17(14-4-6-15(19)7-5-14)12-20-10-8-16(22-3)9-11-20;4*1-13(2)18(21)17(15-4-6-16(19)7-5-15)12-20-10-8-14(3)9-11-20;1-10(2)11(3)14(9-16-17-4)12-5-7-13(15)8-6-12/h2*4-7,13,16-17H,8-12H2,1-3H3;4*4-7,13-14,17H,8-12H2,1-3H3;5-8,10,14,16H,3,9H2,1-2,4H3/t6*17-;14-/m1011000/s1. The number of nitrogens with zero attached hydrogens (tertiary/aromatic N) is 6. The Bertz CT molecular complexity index is 4430. The van der Waals surface area contributed by atoms with Crippen molar-refractivity contribution in [3.63, 3.8) is 0 Å². The zero-order valence-corrected chi connectivity index (χ0v) is 96.6. The third-order valence-corrected chi connectivity index (χ3v) is 31.7. The zero-order chi connectivity index (χ0) is 107. The van der Waals surface area contributed by atoms with Gasteiger partial charge in [0.15, 0.2) is 0 Å². The number of piperidine rings is 6. The predicted octanol–water partition coefficient (Wildman–Crippen LogP) is 28.8. The maximum Gasteiger partial charge on any atom is 0.144 e. The molecule has 13 rings (SSSR count). The maximum atomic E-state index is 12.6. The maximum absolute atomic E-state index is 12.6. The summed E-state index contributed by atoms with van der Waals surface area (Å²) in [5.41, 5.74) is 11.8. The predicted molar refractivity (Wildman–Crippen MR) is 610 cm³/mol. The Morgan fingerprint density at radius 3 is 0.531 bits per heavy atom. The largest absolute Gasteiger partial charge is 0.381 e. The third kappa shape index (κ3) is 44.3. The van der Waals surface area contributed by atoms with E-state index in [2.05, 4.69) is 83.0 Å².